The lowest BCUT2D eigenvalue weighted by molar-refractivity contribution is -0.140. The number of carbonyl (C=O) groups excluding carboxylic acids is 1. The van der Waals surface area contributed by atoms with Crippen LogP contribution in [0.25, 0.3) is 10.9 Å². The number of amides is 1. The number of H-pyrrole nitrogens is 1. The molecule has 1 atom stereocenters. The second kappa shape index (κ2) is 10.9. The topological polar surface area (TPSA) is 103 Å². The molecule has 1 spiro atoms. The molecule has 0 radical (unpaired) electrons. The summed E-state index contributed by atoms with van der Waals surface area (Å²) in [5.41, 5.74) is 1.64. The van der Waals surface area contributed by atoms with Crippen molar-refractivity contribution in [3.05, 3.63) is 65.5 Å². The number of aliphatic hydroxyl groups is 1. The number of allylic oxidation sites excluding steroid dienone is 3. The molecular formula is C29H38FN3O5S. The van der Waals surface area contributed by atoms with Crippen molar-refractivity contribution < 1.29 is 27.4 Å². The smallest absolute Gasteiger partial charge is 0.246 e. The second-order valence-corrected chi connectivity index (χ2v) is 12.3. The highest BCUT2D eigenvalue weighted by Gasteiger charge is 2.52. The Balaban J connectivity index is 0.00000353. The maximum atomic E-state index is 14.4. The monoisotopic (exact) mass is 559 g/mol. The number of nitrogens with one attached hydrogen (secondary N) is 1. The van der Waals surface area contributed by atoms with Gasteiger partial charge in [-0.05, 0) is 49.5 Å². The molecule has 2 N–H and O–H groups in total. The Hall–Kier alpha value is -2.95. The van der Waals surface area contributed by atoms with Crippen LogP contribution in [0.2, 0.25) is 0 Å². The molecule has 1 aromatic carbocycles. The molecule has 1 saturated heterocycles. The van der Waals surface area contributed by atoms with Crippen molar-refractivity contribution in [2.45, 2.75) is 51.0 Å². The van der Waals surface area contributed by atoms with Gasteiger partial charge in [-0.2, -0.15) is 4.31 Å². The van der Waals surface area contributed by atoms with E-state index in [1.54, 1.807) is 7.11 Å². The van der Waals surface area contributed by atoms with Gasteiger partial charge in [-0.3, -0.25) is 4.79 Å². The Morgan fingerprint density at radius 2 is 2.00 bits per heavy atom. The van der Waals surface area contributed by atoms with E-state index in [0.29, 0.717) is 37.4 Å². The number of likely N-dealkylation sites (tertiary alicyclic amines) is 1. The summed E-state index contributed by atoms with van der Waals surface area (Å²) in [6.07, 6.45) is 6.29. The first-order valence-electron chi connectivity index (χ1n) is 13.0. The molecule has 1 aromatic heterocycles. The third-order valence-electron chi connectivity index (χ3n) is 8.49. The number of benzene rings is 1. The van der Waals surface area contributed by atoms with Crippen LogP contribution in [0.1, 0.15) is 56.8 Å². The Morgan fingerprint density at radius 1 is 1.31 bits per heavy atom. The summed E-state index contributed by atoms with van der Waals surface area (Å²) < 4.78 is 48.7. The van der Waals surface area contributed by atoms with Crippen molar-refractivity contribution in [2.75, 3.05) is 33.4 Å². The summed E-state index contributed by atoms with van der Waals surface area (Å²) in [7, 11) is -2.82. The molecule has 2 aromatic rings. The molecule has 5 rings (SSSR count). The highest BCUT2D eigenvalue weighted by Crippen LogP contribution is 2.51. The first kappa shape index (κ1) is 29.0. The molecule has 10 heteroatoms. The summed E-state index contributed by atoms with van der Waals surface area (Å²) in [4.78, 5) is 17.7. The molecule has 39 heavy (non-hydrogen) atoms. The lowest BCUT2D eigenvalue weighted by Gasteiger charge is -2.50. The van der Waals surface area contributed by atoms with Gasteiger partial charge >= 0.3 is 0 Å². The number of aromatic nitrogens is 1. The zero-order valence-electron chi connectivity index (χ0n) is 21.6. The van der Waals surface area contributed by atoms with Crippen LogP contribution in [-0.2, 0) is 20.2 Å². The van der Waals surface area contributed by atoms with E-state index in [4.69, 9.17) is 4.74 Å². The molecule has 3 aliphatic rings. The summed E-state index contributed by atoms with van der Waals surface area (Å²) in [5, 5.41) is 11.4. The normalized spacial score (nSPS) is 21.7. The van der Waals surface area contributed by atoms with E-state index < -0.39 is 38.8 Å². The Labute approximate surface area is 229 Å². The lowest BCUT2D eigenvalue weighted by atomic mass is 9.68. The van der Waals surface area contributed by atoms with Gasteiger partial charge in [0.2, 0.25) is 15.9 Å². The van der Waals surface area contributed by atoms with Crippen LogP contribution in [0.4, 0.5) is 4.39 Å². The fraction of sp³-hybridized carbons (Fsp3) is 0.483. The van der Waals surface area contributed by atoms with Crippen LogP contribution in [0.3, 0.4) is 0 Å². The standard InChI is InChI=1S/C28H34FN3O5S.CH4/c1-4-6-24(18(2)29)38(35,36)32-17-28(11-13-31(14-12-28)27(34)19-7-5-8-19)25-21-10-9-20(37-3)15-22(21)30-26(25)23(32)16-33;/h4,6,9-10,15,19,23,30,33H,1-2,5,7-8,11-14,16-17H2,3H3;1H4/b24-6+;. The third-order valence-corrected chi connectivity index (χ3v) is 10.4. The Kier molecular flexibility index (Phi) is 8.12. The minimum Gasteiger partial charge on any atom is -0.497 e. The van der Waals surface area contributed by atoms with Gasteiger partial charge < -0.3 is 19.7 Å². The SMILES string of the molecule is C.C=C/C=C(\C(=C)F)S(=O)(=O)N1CC2(CCN(C(=O)C3CCC3)CC2)c2c([nH]c3cc(OC)ccc23)C1CO. The van der Waals surface area contributed by atoms with Crippen molar-refractivity contribution in [1.82, 2.24) is 14.2 Å². The number of piperidine rings is 1. The Morgan fingerprint density at radius 3 is 2.54 bits per heavy atom. The largest absolute Gasteiger partial charge is 0.497 e. The average molecular weight is 560 g/mol. The maximum absolute atomic E-state index is 14.4. The number of aliphatic hydroxyl groups excluding tert-OH is 1. The number of ether oxygens (including phenoxy) is 1. The van der Waals surface area contributed by atoms with E-state index in [9.17, 15) is 22.7 Å². The van der Waals surface area contributed by atoms with Crippen LogP contribution in [0, 0.1) is 5.92 Å². The number of hydrogen-bond acceptors (Lipinski definition) is 5. The molecule has 1 saturated carbocycles. The molecule has 1 aliphatic carbocycles. The quantitative estimate of drug-likeness (QED) is 0.479. The molecule has 2 fully saturated rings. The van der Waals surface area contributed by atoms with Gasteiger partial charge in [-0.25, -0.2) is 12.8 Å². The molecule has 8 nitrogen and oxygen atoms in total. The lowest BCUT2D eigenvalue weighted by Crippen LogP contribution is -2.56. The van der Waals surface area contributed by atoms with E-state index in [1.165, 1.54) is 10.4 Å². The molecule has 2 aliphatic heterocycles. The van der Waals surface area contributed by atoms with E-state index in [-0.39, 0.29) is 25.8 Å². The van der Waals surface area contributed by atoms with E-state index in [1.807, 2.05) is 23.1 Å². The van der Waals surface area contributed by atoms with Gasteiger partial charge in [0.1, 0.15) is 16.5 Å². The first-order chi connectivity index (χ1) is 18.2. The minimum atomic E-state index is -4.39. The zero-order chi connectivity index (χ0) is 27.2. The van der Waals surface area contributed by atoms with Crippen molar-refractivity contribution >= 4 is 26.8 Å². The molecule has 0 bridgehead atoms. The van der Waals surface area contributed by atoms with Crippen LogP contribution in [0.15, 0.2) is 54.2 Å². The van der Waals surface area contributed by atoms with E-state index in [0.717, 1.165) is 41.8 Å². The van der Waals surface area contributed by atoms with Crippen molar-refractivity contribution in [3.63, 3.8) is 0 Å². The maximum Gasteiger partial charge on any atom is 0.246 e. The number of carbonyl (C=O) groups is 1. The summed E-state index contributed by atoms with van der Waals surface area (Å²) in [6, 6.07) is 4.69. The van der Waals surface area contributed by atoms with E-state index >= 15 is 0 Å². The van der Waals surface area contributed by atoms with Gasteiger partial charge in [0, 0.05) is 53.6 Å². The third kappa shape index (κ3) is 4.72. The van der Waals surface area contributed by atoms with Gasteiger partial charge in [-0.15, -0.1) is 0 Å². The van der Waals surface area contributed by atoms with Crippen LogP contribution >= 0.6 is 0 Å². The predicted octanol–water partition coefficient (Wildman–Crippen LogP) is 4.70. The number of halogens is 1. The van der Waals surface area contributed by atoms with Gasteiger partial charge in [0.25, 0.3) is 0 Å². The fourth-order valence-electron chi connectivity index (χ4n) is 6.24. The average Bonchev–Trinajstić information content (AvgIpc) is 3.25. The van der Waals surface area contributed by atoms with E-state index in [2.05, 4.69) is 18.1 Å². The second-order valence-electron chi connectivity index (χ2n) is 10.5. The first-order valence-corrected chi connectivity index (χ1v) is 14.4. The highest BCUT2D eigenvalue weighted by molar-refractivity contribution is 7.93. The van der Waals surface area contributed by atoms with Gasteiger partial charge in [0.15, 0.2) is 0 Å². The number of rotatable bonds is 7. The molecule has 3 heterocycles. The number of methoxy groups -OCH3 is 1. The molecular weight excluding hydrogens is 521 g/mol. The zero-order valence-corrected chi connectivity index (χ0v) is 22.4. The number of hydrogen-bond donors (Lipinski definition) is 2. The van der Waals surface area contributed by atoms with Crippen LogP contribution in [0.5, 0.6) is 5.75 Å². The van der Waals surface area contributed by atoms with Gasteiger partial charge in [-0.1, -0.05) is 33.1 Å². The van der Waals surface area contributed by atoms with Crippen molar-refractivity contribution in [2.24, 2.45) is 5.92 Å². The van der Waals surface area contributed by atoms with Crippen molar-refractivity contribution in [3.8, 4) is 5.75 Å². The number of aromatic amines is 1. The molecule has 212 valence electrons. The summed E-state index contributed by atoms with van der Waals surface area (Å²) >= 11 is 0. The van der Waals surface area contributed by atoms with Crippen molar-refractivity contribution in [1.29, 1.82) is 0 Å². The number of sulfonamides is 1. The van der Waals surface area contributed by atoms with Crippen LogP contribution < -0.4 is 4.74 Å². The molecule has 1 amide bonds. The number of nitrogens with zero attached hydrogens (tertiary/aromatic N) is 2. The number of fused-ring (bicyclic) bond motifs is 4. The minimum absolute atomic E-state index is 0. The fourth-order valence-corrected chi connectivity index (χ4v) is 7.96. The van der Waals surface area contributed by atoms with Crippen LogP contribution in [-0.4, -0.2) is 67.0 Å². The predicted molar refractivity (Wildman–Crippen MR) is 150 cm³/mol. The van der Waals surface area contributed by atoms with Gasteiger partial charge in [0.05, 0.1) is 19.8 Å². The highest BCUT2D eigenvalue weighted by atomic mass is 32.2. The summed E-state index contributed by atoms with van der Waals surface area (Å²) in [5.74, 6) is -0.192. The summed E-state index contributed by atoms with van der Waals surface area (Å²) in [6.45, 7) is 7.30. The molecule has 1 unspecified atom stereocenters. The Bertz CT molecular complexity index is 1420.